The van der Waals surface area contributed by atoms with Crippen molar-refractivity contribution in [1.82, 2.24) is 9.80 Å². The zero-order valence-electron chi connectivity index (χ0n) is 18.3. The third kappa shape index (κ3) is 5.42. The molecule has 1 saturated carbocycles. The van der Waals surface area contributed by atoms with E-state index in [0.29, 0.717) is 44.2 Å². The Hall–Kier alpha value is -2.78. The van der Waals surface area contributed by atoms with E-state index in [1.165, 1.54) is 18.2 Å². The second kappa shape index (κ2) is 9.61. The largest absolute Gasteiger partial charge is 0.494 e. The van der Waals surface area contributed by atoms with E-state index in [4.69, 9.17) is 16.3 Å². The fourth-order valence-corrected chi connectivity index (χ4v) is 5.01. The van der Waals surface area contributed by atoms with Crippen LogP contribution < -0.4 is 9.46 Å². The highest BCUT2D eigenvalue weighted by molar-refractivity contribution is 7.92. The fraction of sp³-hybridized carbons (Fsp3) is 0.391. The van der Waals surface area contributed by atoms with E-state index in [1.54, 1.807) is 34.1 Å². The lowest BCUT2D eigenvalue weighted by molar-refractivity contribution is -0.134. The zero-order chi connectivity index (χ0) is 23.6. The van der Waals surface area contributed by atoms with Crippen molar-refractivity contribution in [3.63, 3.8) is 0 Å². The first kappa shape index (κ1) is 23.4. The van der Waals surface area contributed by atoms with Gasteiger partial charge in [-0.3, -0.25) is 14.3 Å². The van der Waals surface area contributed by atoms with E-state index in [1.807, 2.05) is 6.92 Å². The van der Waals surface area contributed by atoms with Gasteiger partial charge in [0.05, 0.1) is 22.1 Å². The van der Waals surface area contributed by atoms with Gasteiger partial charge in [-0.15, -0.1) is 0 Å². The maximum absolute atomic E-state index is 13.1. The van der Waals surface area contributed by atoms with Crippen LogP contribution in [0.1, 0.15) is 30.1 Å². The Morgan fingerprint density at radius 1 is 1.03 bits per heavy atom. The Morgan fingerprint density at radius 2 is 1.67 bits per heavy atom. The molecule has 0 aromatic heterocycles. The maximum atomic E-state index is 13.1. The van der Waals surface area contributed by atoms with Crippen molar-refractivity contribution in [1.29, 1.82) is 0 Å². The van der Waals surface area contributed by atoms with E-state index in [0.717, 1.165) is 12.8 Å². The van der Waals surface area contributed by atoms with Crippen molar-refractivity contribution < 1.29 is 22.7 Å². The molecule has 0 unspecified atom stereocenters. The fourth-order valence-electron chi connectivity index (χ4n) is 3.72. The molecule has 176 valence electrons. The third-order valence-electron chi connectivity index (χ3n) is 5.70. The first-order valence-electron chi connectivity index (χ1n) is 10.9. The lowest BCUT2D eigenvalue weighted by Gasteiger charge is -2.35. The molecule has 1 N–H and O–H groups in total. The molecule has 10 heteroatoms. The smallest absolute Gasteiger partial charge is 0.261 e. The van der Waals surface area contributed by atoms with Crippen molar-refractivity contribution in [2.75, 3.05) is 37.5 Å². The van der Waals surface area contributed by atoms with Crippen molar-refractivity contribution in [2.24, 2.45) is 5.92 Å². The van der Waals surface area contributed by atoms with Crippen LogP contribution in [0.25, 0.3) is 0 Å². The Balaban J connectivity index is 1.46. The Bertz CT molecular complexity index is 1140. The predicted octanol–water partition coefficient (Wildman–Crippen LogP) is 3.23. The summed E-state index contributed by atoms with van der Waals surface area (Å²) in [7, 11) is -3.94. The molecule has 2 amide bonds. The Morgan fingerprint density at radius 3 is 2.27 bits per heavy atom. The first-order valence-corrected chi connectivity index (χ1v) is 12.8. The molecule has 2 aliphatic rings. The molecular formula is C23H26ClN3O5S. The summed E-state index contributed by atoms with van der Waals surface area (Å²) < 4.78 is 33.7. The second-order valence-corrected chi connectivity index (χ2v) is 10.2. The van der Waals surface area contributed by atoms with Gasteiger partial charge in [-0.25, -0.2) is 8.42 Å². The van der Waals surface area contributed by atoms with Gasteiger partial charge >= 0.3 is 0 Å². The van der Waals surface area contributed by atoms with Gasteiger partial charge in [0.1, 0.15) is 5.75 Å². The van der Waals surface area contributed by atoms with Crippen LogP contribution in [0.15, 0.2) is 47.4 Å². The minimum absolute atomic E-state index is 0.0633. The number of amides is 2. The first-order chi connectivity index (χ1) is 15.8. The summed E-state index contributed by atoms with van der Waals surface area (Å²) in [6.45, 7) is 4.08. The molecule has 2 fully saturated rings. The third-order valence-corrected chi connectivity index (χ3v) is 7.41. The van der Waals surface area contributed by atoms with Crippen LogP contribution in [0.3, 0.4) is 0 Å². The maximum Gasteiger partial charge on any atom is 0.261 e. The van der Waals surface area contributed by atoms with Gasteiger partial charge in [0.2, 0.25) is 5.91 Å². The average Bonchev–Trinajstić information content (AvgIpc) is 3.65. The monoisotopic (exact) mass is 491 g/mol. The minimum Gasteiger partial charge on any atom is -0.494 e. The standard InChI is InChI=1S/C23H26ClN3O5S/c1-2-32-18-7-5-17(6-8-18)25-33(30,31)19-9-10-21(24)20(15-19)23(29)27-13-11-26(12-14-27)22(28)16-3-4-16/h5-10,15-16,25H,2-4,11-14H2,1H3. The van der Waals surface area contributed by atoms with Crippen molar-refractivity contribution in [2.45, 2.75) is 24.7 Å². The molecule has 8 nitrogen and oxygen atoms in total. The number of carbonyl (C=O) groups is 2. The lowest BCUT2D eigenvalue weighted by atomic mass is 10.1. The molecule has 0 spiro atoms. The summed E-state index contributed by atoms with van der Waals surface area (Å²) >= 11 is 6.26. The van der Waals surface area contributed by atoms with E-state index >= 15 is 0 Å². The van der Waals surface area contributed by atoms with E-state index in [9.17, 15) is 18.0 Å². The van der Waals surface area contributed by atoms with Gasteiger partial charge in [0, 0.05) is 37.8 Å². The van der Waals surface area contributed by atoms with Gasteiger partial charge < -0.3 is 14.5 Å². The number of nitrogens with one attached hydrogen (secondary N) is 1. The molecule has 33 heavy (non-hydrogen) atoms. The number of hydrogen-bond acceptors (Lipinski definition) is 5. The molecule has 2 aromatic carbocycles. The number of benzene rings is 2. The highest BCUT2D eigenvalue weighted by Crippen LogP contribution is 2.31. The molecule has 2 aromatic rings. The molecule has 1 saturated heterocycles. The van der Waals surface area contributed by atoms with Gasteiger partial charge in [0.15, 0.2) is 0 Å². The molecule has 1 aliphatic carbocycles. The van der Waals surface area contributed by atoms with Crippen LogP contribution in [-0.2, 0) is 14.8 Å². The van der Waals surface area contributed by atoms with Gasteiger partial charge in [-0.2, -0.15) is 0 Å². The number of sulfonamides is 1. The molecule has 1 aliphatic heterocycles. The average molecular weight is 492 g/mol. The van der Waals surface area contributed by atoms with Crippen LogP contribution in [0.2, 0.25) is 5.02 Å². The van der Waals surface area contributed by atoms with Crippen LogP contribution in [0.5, 0.6) is 5.75 Å². The Kier molecular flexibility index (Phi) is 6.81. The van der Waals surface area contributed by atoms with Crippen molar-refractivity contribution in [3.8, 4) is 5.75 Å². The number of carbonyl (C=O) groups excluding carboxylic acids is 2. The van der Waals surface area contributed by atoms with E-state index in [2.05, 4.69) is 4.72 Å². The summed E-state index contributed by atoms with van der Waals surface area (Å²) in [5, 5.41) is 0.177. The number of halogens is 1. The molecule has 4 rings (SSSR count). The number of hydrogen-bond donors (Lipinski definition) is 1. The quantitative estimate of drug-likeness (QED) is 0.641. The summed E-state index contributed by atoms with van der Waals surface area (Å²) in [6.07, 6.45) is 1.89. The summed E-state index contributed by atoms with van der Waals surface area (Å²) in [4.78, 5) is 28.7. The molecular weight excluding hydrogens is 466 g/mol. The van der Waals surface area contributed by atoms with Crippen LogP contribution in [0.4, 0.5) is 5.69 Å². The number of ether oxygens (including phenoxy) is 1. The Labute approximate surface area is 198 Å². The second-order valence-electron chi connectivity index (χ2n) is 8.10. The number of rotatable bonds is 7. The topological polar surface area (TPSA) is 96.0 Å². The van der Waals surface area contributed by atoms with Crippen LogP contribution in [0, 0.1) is 5.92 Å². The highest BCUT2D eigenvalue weighted by Gasteiger charge is 2.35. The highest BCUT2D eigenvalue weighted by atomic mass is 35.5. The lowest BCUT2D eigenvalue weighted by Crippen LogP contribution is -2.51. The molecule has 0 atom stereocenters. The summed E-state index contributed by atoms with van der Waals surface area (Å²) in [6, 6.07) is 10.6. The number of nitrogens with zero attached hydrogens (tertiary/aromatic N) is 2. The van der Waals surface area contributed by atoms with Gasteiger partial charge in [-0.1, -0.05) is 11.6 Å². The van der Waals surface area contributed by atoms with Crippen molar-refractivity contribution in [3.05, 3.63) is 53.1 Å². The number of piperazine rings is 1. The van der Waals surface area contributed by atoms with E-state index < -0.39 is 10.0 Å². The normalized spacial score (nSPS) is 16.4. The molecule has 0 bridgehead atoms. The summed E-state index contributed by atoms with van der Waals surface area (Å²) in [5.74, 6) is 0.593. The predicted molar refractivity (Wildman–Crippen MR) is 125 cm³/mol. The molecule has 1 heterocycles. The van der Waals surface area contributed by atoms with Gasteiger partial charge in [-0.05, 0) is 62.2 Å². The zero-order valence-corrected chi connectivity index (χ0v) is 19.9. The SMILES string of the molecule is CCOc1ccc(NS(=O)(=O)c2ccc(Cl)c(C(=O)N3CCN(C(=O)C4CC4)CC3)c2)cc1. The van der Waals surface area contributed by atoms with Crippen molar-refractivity contribution >= 4 is 39.1 Å². The van der Waals surface area contributed by atoms with E-state index in [-0.39, 0.29) is 33.2 Å². The number of anilines is 1. The molecule has 0 radical (unpaired) electrons. The van der Waals surface area contributed by atoms with Crippen LogP contribution in [-0.4, -0.2) is 62.8 Å². The van der Waals surface area contributed by atoms with Crippen LogP contribution >= 0.6 is 11.6 Å². The summed E-state index contributed by atoms with van der Waals surface area (Å²) in [5.41, 5.74) is 0.492. The minimum atomic E-state index is -3.94. The van der Waals surface area contributed by atoms with Gasteiger partial charge in [0.25, 0.3) is 15.9 Å².